The summed E-state index contributed by atoms with van der Waals surface area (Å²) in [4.78, 5) is 22.0. The van der Waals surface area contributed by atoms with Gasteiger partial charge in [0.25, 0.3) is 5.91 Å². The number of pyridine rings is 2. The Morgan fingerprint density at radius 3 is 2.52 bits per heavy atom. The Morgan fingerprint density at radius 1 is 1.14 bits per heavy atom. The van der Waals surface area contributed by atoms with E-state index < -0.39 is 17.2 Å². The summed E-state index contributed by atoms with van der Waals surface area (Å²) < 4.78 is 29.6. The molecule has 148 valence electrons. The summed E-state index contributed by atoms with van der Waals surface area (Å²) in [6.45, 7) is 3.25. The van der Waals surface area contributed by atoms with Crippen LogP contribution in [-0.2, 0) is 18.7 Å². The van der Waals surface area contributed by atoms with Gasteiger partial charge in [-0.2, -0.15) is 0 Å². The maximum Gasteiger partial charge on any atom is 0.256 e. The highest BCUT2D eigenvalue weighted by Crippen LogP contribution is 2.29. The van der Waals surface area contributed by atoms with Gasteiger partial charge in [0.15, 0.2) is 0 Å². The molecule has 1 aliphatic rings. The van der Waals surface area contributed by atoms with E-state index in [9.17, 15) is 18.7 Å². The Kier molecular flexibility index (Phi) is 4.62. The van der Waals surface area contributed by atoms with Crippen molar-refractivity contribution in [3.05, 3.63) is 82.9 Å². The normalized spacial score (nSPS) is 13.7. The van der Waals surface area contributed by atoms with Crippen molar-refractivity contribution in [1.82, 2.24) is 14.9 Å². The van der Waals surface area contributed by atoms with Gasteiger partial charge in [-0.3, -0.25) is 14.8 Å². The first kappa shape index (κ1) is 19.1. The summed E-state index contributed by atoms with van der Waals surface area (Å²) in [6, 6.07) is 7.40. The maximum atomic E-state index is 14.8. The van der Waals surface area contributed by atoms with E-state index in [4.69, 9.17) is 0 Å². The molecule has 1 aliphatic heterocycles. The average Bonchev–Trinajstić information content (AvgIpc) is 3.00. The van der Waals surface area contributed by atoms with Crippen LogP contribution >= 0.6 is 0 Å². The van der Waals surface area contributed by atoms with Gasteiger partial charge in [0.2, 0.25) is 0 Å². The first-order chi connectivity index (χ1) is 13.7. The number of nitrogens with zero attached hydrogens (tertiary/aromatic N) is 3. The van der Waals surface area contributed by atoms with Crippen molar-refractivity contribution in [3.63, 3.8) is 0 Å². The summed E-state index contributed by atoms with van der Waals surface area (Å²) in [5, 5.41) is 10.1. The Balaban J connectivity index is 1.63. The highest BCUT2D eigenvalue weighted by atomic mass is 19.1. The minimum Gasteiger partial charge on any atom is -0.386 e. The second-order valence-corrected chi connectivity index (χ2v) is 7.60. The van der Waals surface area contributed by atoms with Crippen LogP contribution in [0.5, 0.6) is 0 Å². The van der Waals surface area contributed by atoms with Gasteiger partial charge in [0, 0.05) is 35.3 Å². The molecule has 1 aromatic carbocycles. The lowest BCUT2D eigenvalue weighted by atomic mass is 9.96. The van der Waals surface area contributed by atoms with Crippen molar-refractivity contribution >= 4 is 5.91 Å². The molecule has 5 nitrogen and oxygen atoms in total. The van der Waals surface area contributed by atoms with Crippen molar-refractivity contribution < 1.29 is 18.7 Å². The number of aliphatic hydroxyl groups is 1. The molecule has 29 heavy (non-hydrogen) atoms. The monoisotopic (exact) mass is 395 g/mol. The molecule has 3 aromatic rings. The lowest BCUT2D eigenvalue weighted by Crippen LogP contribution is -2.24. The van der Waals surface area contributed by atoms with Gasteiger partial charge in [-0.25, -0.2) is 8.78 Å². The zero-order valence-electron chi connectivity index (χ0n) is 16.0. The molecule has 0 saturated carbocycles. The third-order valence-electron chi connectivity index (χ3n) is 5.02. The molecule has 1 amide bonds. The van der Waals surface area contributed by atoms with E-state index in [0.29, 0.717) is 27.9 Å². The Hall–Kier alpha value is -3.19. The smallest absolute Gasteiger partial charge is 0.256 e. The number of carbonyl (C=O) groups is 1. The van der Waals surface area contributed by atoms with Gasteiger partial charge in [0.05, 0.1) is 29.9 Å². The fraction of sp³-hybridized carbons (Fsp3) is 0.227. The van der Waals surface area contributed by atoms with E-state index in [1.807, 2.05) is 0 Å². The number of hydrogen-bond acceptors (Lipinski definition) is 4. The highest BCUT2D eigenvalue weighted by Gasteiger charge is 2.29. The molecule has 0 aliphatic carbocycles. The Bertz CT molecular complexity index is 1090. The van der Waals surface area contributed by atoms with Crippen LogP contribution in [0.15, 0.2) is 48.9 Å². The molecule has 2 aromatic heterocycles. The van der Waals surface area contributed by atoms with Crippen LogP contribution in [0.1, 0.15) is 41.0 Å². The van der Waals surface area contributed by atoms with Gasteiger partial charge in [-0.15, -0.1) is 0 Å². The molecule has 0 bridgehead atoms. The summed E-state index contributed by atoms with van der Waals surface area (Å²) in [5.41, 5.74) is 1.08. The number of hydrogen-bond donors (Lipinski definition) is 1. The molecule has 4 rings (SSSR count). The lowest BCUT2D eigenvalue weighted by molar-refractivity contribution is 0.0761. The van der Waals surface area contributed by atoms with Gasteiger partial charge < -0.3 is 10.0 Å². The van der Waals surface area contributed by atoms with Crippen LogP contribution < -0.4 is 0 Å². The molecule has 3 heterocycles. The quantitative estimate of drug-likeness (QED) is 0.730. The lowest BCUT2D eigenvalue weighted by Gasteiger charge is -2.19. The number of halogens is 2. The zero-order chi connectivity index (χ0) is 20.8. The highest BCUT2D eigenvalue weighted by molar-refractivity contribution is 5.97. The number of fused-ring (bicyclic) bond motifs is 1. The third kappa shape index (κ3) is 3.61. The predicted octanol–water partition coefficient (Wildman–Crippen LogP) is 3.81. The third-order valence-corrected chi connectivity index (χ3v) is 5.02. The van der Waals surface area contributed by atoms with Gasteiger partial charge in [-0.05, 0) is 49.7 Å². The fourth-order valence-corrected chi connectivity index (χ4v) is 3.35. The number of benzene rings is 1. The van der Waals surface area contributed by atoms with Crippen LogP contribution in [0.3, 0.4) is 0 Å². The second-order valence-electron chi connectivity index (χ2n) is 7.60. The Morgan fingerprint density at radius 2 is 1.86 bits per heavy atom. The predicted molar refractivity (Wildman–Crippen MR) is 103 cm³/mol. The minimum atomic E-state index is -1.13. The molecule has 0 spiro atoms. The van der Waals surface area contributed by atoms with Crippen LogP contribution in [0.25, 0.3) is 11.1 Å². The summed E-state index contributed by atoms with van der Waals surface area (Å²) in [7, 11) is 0. The fourth-order valence-electron chi connectivity index (χ4n) is 3.35. The molecule has 0 saturated heterocycles. The molecule has 0 atom stereocenters. The summed E-state index contributed by atoms with van der Waals surface area (Å²) in [5.74, 6) is -1.78. The van der Waals surface area contributed by atoms with Crippen molar-refractivity contribution in [1.29, 1.82) is 0 Å². The van der Waals surface area contributed by atoms with E-state index in [1.54, 1.807) is 38.2 Å². The second kappa shape index (κ2) is 7.00. The molecule has 0 unspecified atom stereocenters. The van der Waals surface area contributed by atoms with E-state index in [1.165, 1.54) is 29.4 Å². The molecular formula is C22H19F2N3O2. The summed E-state index contributed by atoms with van der Waals surface area (Å²) in [6.07, 6.45) is 4.58. The summed E-state index contributed by atoms with van der Waals surface area (Å²) >= 11 is 0. The number of rotatable bonds is 4. The van der Waals surface area contributed by atoms with Crippen LogP contribution in [-0.4, -0.2) is 25.9 Å². The minimum absolute atomic E-state index is 0.179. The van der Waals surface area contributed by atoms with E-state index in [-0.39, 0.29) is 24.6 Å². The van der Waals surface area contributed by atoms with Crippen molar-refractivity contribution in [3.8, 4) is 11.1 Å². The molecule has 1 N–H and O–H groups in total. The maximum absolute atomic E-state index is 14.8. The largest absolute Gasteiger partial charge is 0.386 e. The van der Waals surface area contributed by atoms with E-state index in [0.717, 1.165) is 0 Å². The number of aromatic nitrogens is 2. The van der Waals surface area contributed by atoms with Crippen LogP contribution in [0, 0.1) is 11.6 Å². The Labute approximate surface area is 166 Å². The molecule has 0 radical (unpaired) electrons. The SMILES string of the molecule is CC(C)(O)c1cncc(-c2cc(F)c(CN3Cc4ncccc4C3=O)c(F)c2)c1. The van der Waals surface area contributed by atoms with Gasteiger partial charge in [0.1, 0.15) is 11.6 Å². The number of carbonyl (C=O) groups excluding carboxylic acids is 1. The van der Waals surface area contributed by atoms with E-state index >= 15 is 0 Å². The molecular weight excluding hydrogens is 376 g/mol. The van der Waals surface area contributed by atoms with Gasteiger partial charge in [-0.1, -0.05) is 0 Å². The van der Waals surface area contributed by atoms with Crippen LogP contribution in [0.4, 0.5) is 8.78 Å². The first-order valence-electron chi connectivity index (χ1n) is 9.13. The topological polar surface area (TPSA) is 66.3 Å². The van der Waals surface area contributed by atoms with E-state index in [2.05, 4.69) is 9.97 Å². The average molecular weight is 395 g/mol. The zero-order valence-corrected chi connectivity index (χ0v) is 16.0. The van der Waals surface area contributed by atoms with Crippen molar-refractivity contribution in [2.75, 3.05) is 0 Å². The number of amides is 1. The van der Waals surface area contributed by atoms with Gasteiger partial charge >= 0.3 is 0 Å². The molecule has 0 fully saturated rings. The van der Waals surface area contributed by atoms with Crippen molar-refractivity contribution in [2.45, 2.75) is 32.5 Å². The van der Waals surface area contributed by atoms with Crippen LogP contribution in [0.2, 0.25) is 0 Å². The standard InChI is InChI=1S/C22H19F2N3O2/c1-22(2,29)15-6-14(9-25-10-15)13-7-18(23)17(19(24)8-13)11-27-12-20-16(21(27)28)4-3-5-26-20/h3-10,29H,11-12H2,1-2H3. The first-order valence-corrected chi connectivity index (χ1v) is 9.13. The molecule has 7 heteroatoms. The van der Waals surface area contributed by atoms with Crippen molar-refractivity contribution in [2.24, 2.45) is 0 Å².